The van der Waals surface area contributed by atoms with E-state index in [2.05, 4.69) is 19.1 Å². The van der Waals surface area contributed by atoms with E-state index in [1.54, 1.807) is 19.1 Å². The van der Waals surface area contributed by atoms with Crippen LogP contribution in [0.25, 0.3) is 0 Å². The molecule has 0 amide bonds. The Kier molecular flexibility index (Phi) is 4.56. The number of aliphatic hydroxyl groups is 1. The van der Waals surface area contributed by atoms with Crippen LogP contribution in [-0.2, 0) is 18.4 Å². The number of hydrogen-bond donors (Lipinski definition) is 1. The molecule has 0 aromatic heterocycles. The van der Waals surface area contributed by atoms with Crippen LogP contribution in [-0.4, -0.2) is 5.11 Å². The van der Waals surface area contributed by atoms with Crippen LogP contribution in [0.3, 0.4) is 0 Å². The molecule has 0 aliphatic carbocycles. The van der Waals surface area contributed by atoms with Crippen molar-refractivity contribution in [1.82, 2.24) is 0 Å². The molecule has 2 aromatic carbocycles. The van der Waals surface area contributed by atoms with E-state index in [4.69, 9.17) is 0 Å². The van der Waals surface area contributed by atoms with Crippen LogP contribution in [0.1, 0.15) is 37.0 Å². The summed E-state index contributed by atoms with van der Waals surface area (Å²) in [6.45, 7) is 3.95. The van der Waals surface area contributed by atoms with E-state index >= 15 is 0 Å². The number of aryl methyl sites for hydroxylation is 1. The first-order valence-electron chi connectivity index (χ1n) is 7.07. The summed E-state index contributed by atoms with van der Waals surface area (Å²) in [5.74, 6) is -0.252. The number of halogens is 1. The Hall–Kier alpha value is -1.67. The van der Waals surface area contributed by atoms with Crippen molar-refractivity contribution in [2.24, 2.45) is 0 Å². The van der Waals surface area contributed by atoms with Gasteiger partial charge >= 0.3 is 0 Å². The molecule has 1 N–H and O–H groups in total. The predicted octanol–water partition coefficient (Wildman–Crippen LogP) is 4.23. The molecule has 0 fully saturated rings. The molecule has 20 heavy (non-hydrogen) atoms. The summed E-state index contributed by atoms with van der Waals surface area (Å²) < 4.78 is 12.9. The molecule has 0 aliphatic rings. The van der Waals surface area contributed by atoms with Gasteiger partial charge in [-0.05, 0) is 42.2 Å². The first kappa shape index (κ1) is 14.7. The van der Waals surface area contributed by atoms with E-state index in [1.165, 1.54) is 17.7 Å². The molecule has 2 aromatic rings. The van der Waals surface area contributed by atoms with Crippen molar-refractivity contribution in [3.8, 4) is 0 Å². The van der Waals surface area contributed by atoms with Gasteiger partial charge in [-0.3, -0.25) is 0 Å². The minimum absolute atomic E-state index is 0.252. The zero-order valence-electron chi connectivity index (χ0n) is 12.1. The van der Waals surface area contributed by atoms with Crippen LogP contribution < -0.4 is 0 Å². The second-order valence-electron chi connectivity index (χ2n) is 5.52. The molecule has 2 heteroatoms. The van der Waals surface area contributed by atoms with Crippen molar-refractivity contribution in [3.63, 3.8) is 0 Å². The summed E-state index contributed by atoms with van der Waals surface area (Å²) >= 11 is 0. The van der Waals surface area contributed by atoms with E-state index in [0.717, 1.165) is 24.0 Å². The number of rotatable bonds is 5. The number of benzene rings is 2. The van der Waals surface area contributed by atoms with Gasteiger partial charge < -0.3 is 5.11 Å². The Morgan fingerprint density at radius 2 is 1.50 bits per heavy atom. The normalized spacial score (nSPS) is 14.0. The van der Waals surface area contributed by atoms with Gasteiger partial charge in [0.2, 0.25) is 0 Å². The Morgan fingerprint density at radius 1 is 0.950 bits per heavy atom. The van der Waals surface area contributed by atoms with Gasteiger partial charge in [0, 0.05) is 6.42 Å². The molecule has 1 atom stereocenters. The molecule has 0 saturated carbocycles. The summed E-state index contributed by atoms with van der Waals surface area (Å²) in [6.07, 6.45) is 2.64. The Bertz CT molecular complexity index is 541. The predicted molar refractivity (Wildman–Crippen MR) is 80.1 cm³/mol. The lowest BCUT2D eigenvalue weighted by atomic mass is 9.88. The van der Waals surface area contributed by atoms with E-state index in [0.29, 0.717) is 6.42 Å². The lowest BCUT2D eigenvalue weighted by molar-refractivity contribution is 0.0576. The van der Waals surface area contributed by atoms with Gasteiger partial charge in [-0.2, -0.15) is 0 Å². The highest BCUT2D eigenvalue weighted by Gasteiger charge is 2.23. The standard InChI is InChI=1S/C18H21FO/c1-3-4-14-5-9-16(10-6-14)18(2,20)13-15-7-11-17(19)12-8-15/h5-12,20H,3-4,13H2,1-2H3. The quantitative estimate of drug-likeness (QED) is 0.863. The lowest BCUT2D eigenvalue weighted by Gasteiger charge is -2.24. The third-order valence-corrected chi connectivity index (χ3v) is 3.58. The van der Waals surface area contributed by atoms with Gasteiger partial charge in [0.1, 0.15) is 5.82 Å². The maximum atomic E-state index is 12.9. The molecular weight excluding hydrogens is 251 g/mol. The minimum Gasteiger partial charge on any atom is -0.385 e. The molecule has 0 bridgehead atoms. The molecule has 0 heterocycles. The summed E-state index contributed by atoms with van der Waals surface area (Å²) in [7, 11) is 0. The highest BCUT2D eigenvalue weighted by atomic mass is 19.1. The maximum Gasteiger partial charge on any atom is 0.123 e. The van der Waals surface area contributed by atoms with Crippen LogP contribution in [0.5, 0.6) is 0 Å². The van der Waals surface area contributed by atoms with Crippen LogP contribution in [0, 0.1) is 5.82 Å². The van der Waals surface area contributed by atoms with Crippen molar-refractivity contribution in [2.75, 3.05) is 0 Å². The molecule has 106 valence electrons. The SMILES string of the molecule is CCCc1ccc(C(C)(O)Cc2ccc(F)cc2)cc1. The zero-order valence-corrected chi connectivity index (χ0v) is 12.1. The van der Waals surface area contributed by atoms with Gasteiger partial charge in [-0.1, -0.05) is 49.7 Å². The third-order valence-electron chi connectivity index (χ3n) is 3.58. The average molecular weight is 272 g/mol. The van der Waals surface area contributed by atoms with Gasteiger partial charge in [0.05, 0.1) is 5.60 Å². The summed E-state index contributed by atoms with van der Waals surface area (Å²) in [6, 6.07) is 14.4. The molecule has 0 saturated heterocycles. The molecule has 0 radical (unpaired) electrons. The number of hydrogen-bond acceptors (Lipinski definition) is 1. The van der Waals surface area contributed by atoms with Crippen molar-refractivity contribution in [1.29, 1.82) is 0 Å². The second-order valence-corrected chi connectivity index (χ2v) is 5.52. The fraction of sp³-hybridized carbons (Fsp3) is 0.333. The van der Waals surface area contributed by atoms with Gasteiger partial charge in [0.15, 0.2) is 0 Å². The third kappa shape index (κ3) is 3.67. The average Bonchev–Trinajstić information content (AvgIpc) is 2.42. The zero-order chi connectivity index (χ0) is 14.6. The topological polar surface area (TPSA) is 20.2 Å². The van der Waals surface area contributed by atoms with Crippen molar-refractivity contribution in [3.05, 3.63) is 71.0 Å². The van der Waals surface area contributed by atoms with Crippen LogP contribution in [0.15, 0.2) is 48.5 Å². The van der Waals surface area contributed by atoms with Crippen molar-refractivity contribution >= 4 is 0 Å². The van der Waals surface area contributed by atoms with Crippen LogP contribution in [0.4, 0.5) is 4.39 Å². The summed E-state index contributed by atoms with van der Waals surface area (Å²) in [5, 5.41) is 10.6. The molecular formula is C18H21FO. The first-order chi connectivity index (χ1) is 9.51. The van der Waals surface area contributed by atoms with E-state index < -0.39 is 5.60 Å². The summed E-state index contributed by atoms with van der Waals surface area (Å²) in [5.41, 5.74) is 2.16. The van der Waals surface area contributed by atoms with Crippen molar-refractivity contribution < 1.29 is 9.50 Å². The van der Waals surface area contributed by atoms with Gasteiger partial charge in [-0.15, -0.1) is 0 Å². The fourth-order valence-electron chi connectivity index (χ4n) is 2.42. The fourth-order valence-corrected chi connectivity index (χ4v) is 2.42. The second kappa shape index (κ2) is 6.19. The van der Waals surface area contributed by atoms with Crippen molar-refractivity contribution in [2.45, 2.75) is 38.7 Å². The largest absolute Gasteiger partial charge is 0.385 e. The summed E-state index contributed by atoms with van der Waals surface area (Å²) in [4.78, 5) is 0. The minimum atomic E-state index is -0.942. The van der Waals surface area contributed by atoms with Gasteiger partial charge in [-0.25, -0.2) is 4.39 Å². The van der Waals surface area contributed by atoms with Gasteiger partial charge in [0.25, 0.3) is 0 Å². The molecule has 2 rings (SSSR count). The highest BCUT2D eigenvalue weighted by molar-refractivity contribution is 5.29. The molecule has 1 nitrogen and oxygen atoms in total. The Labute approximate surface area is 120 Å². The van der Waals surface area contributed by atoms with Crippen LogP contribution >= 0.6 is 0 Å². The Morgan fingerprint density at radius 3 is 2.05 bits per heavy atom. The monoisotopic (exact) mass is 272 g/mol. The smallest absolute Gasteiger partial charge is 0.123 e. The van der Waals surface area contributed by atoms with E-state index in [1.807, 2.05) is 12.1 Å². The lowest BCUT2D eigenvalue weighted by Crippen LogP contribution is -2.24. The molecule has 0 spiro atoms. The highest BCUT2D eigenvalue weighted by Crippen LogP contribution is 2.26. The Balaban J connectivity index is 2.14. The maximum absolute atomic E-state index is 12.9. The van der Waals surface area contributed by atoms with E-state index in [9.17, 15) is 9.50 Å². The van der Waals surface area contributed by atoms with Crippen LogP contribution in [0.2, 0.25) is 0 Å². The molecule has 1 unspecified atom stereocenters. The first-order valence-corrected chi connectivity index (χ1v) is 7.07. The van der Waals surface area contributed by atoms with E-state index in [-0.39, 0.29) is 5.82 Å². The molecule has 0 aliphatic heterocycles.